The second kappa shape index (κ2) is 10.7. The van der Waals surface area contributed by atoms with E-state index in [1.165, 1.54) is 12.0 Å². The van der Waals surface area contributed by atoms with E-state index in [9.17, 15) is 14.4 Å². The van der Waals surface area contributed by atoms with Gasteiger partial charge in [-0.1, -0.05) is 47.1 Å². The summed E-state index contributed by atoms with van der Waals surface area (Å²) in [5, 5.41) is -0.00597. The van der Waals surface area contributed by atoms with Crippen molar-refractivity contribution in [1.29, 1.82) is 0 Å². The molecule has 1 aromatic carbocycles. The molecule has 1 amide bonds. The van der Waals surface area contributed by atoms with Crippen LogP contribution >= 0.6 is 27.7 Å². The maximum atomic E-state index is 12.9. The average Bonchev–Trinajstić information content (AvgIpc) is 2.63. The van der Waals surface area contributed by atoms with Gasteiger partial charge in [0.15, 0.2) is 5.12 Å². The molecule has 1 atom stereocenters. The molecule has 0 fully saturated rings. The zero-order chi connectivity index (χ0) is 19.9. The molecule has 0 aliphatic rings. The van der Waals surface area contributed by atoms with Gasteiger partial charge in [0, 0.05) is 10.9 Å². The molecule has 1 aromatic rings. The number of rotatable bonds is 8. The van der Waals surface area contributed by atoms with Gasteiger partial charge in [-0.05, 0) is 44.4 Å². The molecule has 0 bridgehead atoms. The van der Waals surface area contributed by atoms with Gasteiger partial charge in [-0.15, -0.1) is 0 Å². The number of amides is 1. The summed E-state index contributed by atoms with van der Waals surface area (Å²) in [6, 6.07) is 3.00. The van der Waals surface area contributed by atoms with Crippen LogP contribution in [0.25, 0.3) is 0 Å². The van der Waals surface area contributed by atoms with E-state index in [1.807, 2.05) is 32.9 Å². The number of ether oxygens (including phenoxy) is 1. The van der Waals surface area contributed by atoms with E-state index in [-0.39, 0.29) is 16.8 Å². The summed E-state index contributed by atoms with van der Waals surface area (Å²) in [4.78, 5) is 38.4. The third-order valence-corrected chi connectivity index (χ3v) is 5.87. The van der Waals surface area contributed by atoms with E-state index in [0.29, 0.717) is 12.1 Å². The molecule has 0 radical (unpaired) electrons. The summed E-state index contributed by atoms with van der Waals surface area (Å²) < 4.78 is 5.68. The number of unbranched alkanes of at least 4 members (excludes halogenated alkanes) is 1. The van der Waals surface area contributed by atoms with E-state index >= 15 is 0 Å². The molecule has 0 unspecified atom stereocenters. The summed E-state index contributed by atoms with van der Waals surface area (Å²) >= 11 is 4.48. The Kier molecular flexibility index (Phi) is 9.36. The highest BCUT2D eigenvalue weighted by Crippen LogP contribution is 2.32. The number of hydrogen-bond acceptors (Lipinski definition) is 5. The van der Waals surface area contributed by atoms with Crippen molar-refractivity contribution < 1.29 is 19.1 Å². The molecule has 5 nitrogen and oxygen atoms in total. The quantitative estimate of drug-likeness (QED) is 0.556. The second-order valence-corrected chi connectivity index (χ2v) is 7.95. The number of esters is 1. The van der Waals surface area contributed by atoms with Crippen molar-refractivity contribution in [2.75, 3.05) is 17.8 Å². The molecule has 0 saturated carbocycles. The lowest BCUT2D eigenvalue weighted by Gasteiger charge is -2.30. The number of halogens is 1. The number of carbonyl (C=O) groups is 3. The van der Waals surface area contributed by atoms with Crippen molar-refractivity contribution >= 4 is 50.4 Å². The minimum atomic E-state index is -0.787. The Morgan fingerprint density at radius 1 is 1.27 bits per heavy atom. The molecule has 144 valence electrons. The van der Waals surface area contributed by atoms with Crippen LogP contribution in [0.4, 0.5) is 5.69 Å². The predicted octanol–water partition coefficient (Wildman–Crippen LogP) is 4.41. The topological polar surface area (TPSA) is 63.7 Å². The molecule has 26 heavy (non-hydrogen) atoms. The first kappa shape index (κ1) is 22.7. The Morgan fingerprint density at radius 2 is 1.92 bits per heavy atom. The molecule has 0 heterocycles. The molecule has 7 heteroatoms. The summed E-state index contributed by atoms with van der Waals surface area (Å²) in [5.41, 5.74) is 2.40. The highest BCUT2D eigenvalue weighted by atomic mass is 79.9. The SMILES string of the molecule is CCCCC(=O)SCC(=O)N(c1c(C)ccc(Br)c1C)[C@@H](C)C(=O)OC. The summed E-state index contributed by atoms with van der Waals surface area (Å²) in [7, 11) is 1.30. The number of thioether (sulfide) groups is 1. The Bertz CT molecular complexity index is 678. The average molecular weight is 444 g/mol. The lowest BCUT2D eigenvalue weighted by atomic mass is 10.1. The largest absolute Gasteiger partial charge is 0.467 e. The molecular weight excluding hydrogens is 418 g/mol. The summed E-state index contributed by atoms with van der Waals surface area (Å²) in [5.74, 6) is -0.795. The van der Waals surface area contributed by atoms with E-state index in [2.05, 4.69) is 15.9 Å². The first-order valence-corrected chi connectivity index (χ1v) is 10.3. The smallest absolute Gasteiger partial charge is 0.328 e. The van der Waals surface area contributed by atoms with Crippen LogP contribution in [0.2, 0.25) is 0 Å². The standard InChI is InChI=1S/C19H26BrNO4S/c1-6-7-8-17(23)26-11-16(22)21(14(4)19(24)25-5)18-12(2)9-10-15(20)13(18)3/h9-10,14H,6-8,11H2,1-5H3/t14-/m0/s1. The maximum Gasteiger partial charge on any atom is 0.328 e. The van der Waals surface area contributed by atoms with Gasteiger partial charge in [-0.3, -0.25) is 14.5 Å². The fraction of sp³-hybridized carbons (Fsp3) is 0.526. The van der Waals surface area contributed by atoms with Gasteiger partial charge in [-0.25, -0.2) is 4.79 Å². The van der Waals surface area contributed by atoms with Gasteiger partial charge in [0.05, 0.1) is 18.6 Å². The normalized spacial score (nSPS) is 11.8. The predicted molar refractivity (Wildman–Crippen MR) is 110 cm³/mol. The number of hydrogen-bond donors (Lipinski definition) is 0. The number of methoxy groups -OCH3 is 1. The second-order valence-electron chi connectivity index (χ2n) is 6.07. The van der Waals surface area contributed by atoms with Crippen LogP contribution in [0.1, 0.15) is 44.2 Å². The van der Waals surface area contributed by atoms with Crippen LogP contribution in [0.3, 0.4) is 0 Å². The minimum absolute atomic E-state index is 0.00469. The number of benzene rings is 1. The molecule has 0 saturated heterocycles. The van der Waals surface area contributed by atoms with Crippen LogP contribution < -0.4 is 4.90 Å². The molecule has 0 aromatic heterocycles. The van der Waals surface area contributed by atoms with Crippen LogP contribution in [-0.2, 0) is 19.1 Å². The maximum absolute atomic E-state index is 12.9. The highest BCUT2D eigenvalue weighted by Gasteiger charge is 2.31. The van der Waals surface area contributed by atoms with Crippen molar-refractivity contribution in [1.82, 2.24) is 0 Å². The minimum Gasteiger partial charge on any atom is -0.467 e. The molecule has 0 spiro atoms. The van der Waals surface area contributed by atoms with Crippen molar-refractivity contribution in [2.24, 2.45) is 0 Å². The first-order chi connectivity index (χ1) is 12.2. The molecule has 0 aliphatic heterocycles. The third-order valence-electron chi connectivity index (χ3n) is 4.10. The van der Waals surface area contributed by atoms with Crippen molar-refractivity contribution in [3.8, 4) is 0 Å². The monoisotopic (exact) mass is 443 g/mol. The van der Waals surface area contributed by atoms with Crippen LogP contribution in [-0.4, -0.2) is 35.9 Å². The van der Waals surface area contributed by atoms with Crippen LogP contribution in [0.5, 0.6) is 0 Å². The van der Waals surface area contributed by atoms with Crippen LogP contribution in [0, 0.1) is 13.8 Å². The van der Waals surface area contributed by atoms with Gasteiger partial charge < -0.3 is 4.74 Å². The first-order valence-electron chi connectivity index (χ1n) is 8.55. The zero-order valence-corrected chi connectivity index (χ0v) is 18.3. The van der Waals surface area contributed by atoms with Gasteiger partial charge >= 0.3 is 5.97 Å². The van der Waals surface area contributed by atoms with Crippen molar-refractivity contribution in [2.45, 2.75) is 53.0 Å². The van der Waals surface area contributed by atoms with Crippen LogP contribution in [0.15, 0.2) is 16.6 Å². The summed E-state index contributed by atoms with van der Waals surface area (Å²) in [6.07, 6.45) is 2.20. The van der Waals surface area contributed by atoms with Crippen molar-refractivity contribution in [3.63, 3.8) is 0 Å². The Balaban J connectivity index is 3.15. The van der Waals surface area contributed by atoms with Gasteiger partial charge in [-0.2, -0.15) is 0 Å². The fourth-order valence-electron chi connectivity index (χ4n) is 2.60. The zero-order valence-electron chi connectivity index (χ0n) is 15.9. The lowest BCUT2D eigenvalue weighted by molar-refractivity contribution is -0.142. The Labute approximate surface area is 168 Å². The number of carbonyl (C=O) groups excluding carboxylic acids is 3. The highest BCUT2D eigenvalue weighted by molar-refractivity contribution is 9.10. The Morgan fingerprint density at radius 3 is 2.50 bits per heavy atom. The number of aryl methyl sites for hydroxylation is 1. The number of nitrogens with zero attached hydrogens (tertiary/aromatic N) is 1. The fourth-order valence-corrected chi connectivity index (χ4v) is 3.63. The van der Waals surface area contributed by atoms with Crippen molar-refractivity contribution in [3.05, 3.63) is 27.7 Å². The third kappa shape index (κ3) is 5.84. The van der Waals surface area contributed by atoms with Gasteiger partial charge in [0.25, 0.3) is 0 Å². The lowest BCUT2D eigenvalue weighted by Crippen LogP contribution is -2.45. The molecule has 0 aliphatic carbocycles. The van der Waals surface area contributed by atoms with Gasteiger partial charge in [0.1, 0.15) is 6.04 Å². The molecule has 1 rings (SSSR count). The van der Waals surface area contributed by atoms with E-state index < -0.39 is 12.0 Å². The molecule has 0 N–H and O–H groups in total. The van der Waals surface area contributed by atoms with E-state index in [1.54, 1.807) is 6.92 Å². The summed E-state index contributed by atoms with van der Waals surface area (Å²) in [6.45, 7) is 7.42. The van der Waals surface area contributed by atoms with E-state index in [0.717, 1.165) is 40.2 Å². The number of anilines is 1. The molecular formula is C19H26BrNO4S. The van der Waals surface area contributed by atoms with Gasteiger partial charge in [0.2, 0.25) is 5.91 Å². The van der Waals surface area contributed by atoms with E-state index in [4.69, 9.17) is 4.74 Å². The Hall–Kier alpha value is -1.34.